The third kappa shape index (κ3) is 8.36. The highest BCUT2D eigenvalue weighted by atomic mass is 35.5. The van der Waals surface area contributed by atoms with Crippen molar-refractivity contribution >= 4 is 57.8 Å². The SMILES string of the molecule is COC(=O)N[C@H](C(=O)N1CCC[C@H]1c1ncc(-c2cc(F)c3c(c2)OC(c2ccc(Cl)s2)n2c-3c(F)c3cc(-c4cnc([C@@H]5CCCN5C(=O)[C@@H](NC(=O)OC)C(C)C)[nH]4)ccc32)[nH]1)C(C)C. The lowest BCUT2D eigenvalue weighted by Gasteiger charge is -2.30. The number of aromatic amines is 2. The van der Waals surface area contributed by atoms with E-state index in [-0.39, 0.29) is 52.1 Å². The molecule has 7 heterocycles. The molecule has 4 N–H and O–H groups in total. The van der Waals surface area contributed by atoms with E-state index >= 15 is 8.78 Å². The second-order valence-corrected chi connectivity index (χ2v) is 19.4. The number of likely N-dealkylation sites (tertiary alicyclic amines) is 2. The number of halogens is 3. The molecule has 0 bridgehead atoms. The fraction of sp³-hybridized carbons (Fsp3) is 0.404. The van der Waals surface area contributed by atoms with E-state index in [0.29, 0.717) is 81.2 Å². The Labute approximate surface area is 393 Å². The predicted molar refractivity (Wildman–Crippen MR) is 246 cm³/mol. The summed E-state index contributed by atoms with van der Waals surface area (Å²) in [7, 11) is 2.49. The molecule has 9 rings (SSSR count). The van der Waals surface area contributed by atoms with Gasteiger partial charge in [-0.1, -0.05) is 45.4 Å². The molecule has 3 aliphatic rings. The molecule has 2 saturated heterocycles. The van der Waals surface area contributed by atoms with Crippen LogP contribution in [0.3, 0.4) is 0 Å². The molecule has 16 nitrogen and oxygen atoms in total. The summed E-state index contributed by atoms with van der Waals surface area (Å²) in [6, 6.07) is 9.34. The lowest BCUT2D eigenvalue weighted by Crippen LogP contribution is -2.51. The zero-order valence-corrected chi connectivity index (χ0v) is 39.2. The number of carbonyl (C=O) groups excluding carboxylic acids is 4. The van der Waals surface area contributed by atoms with Gasteiger partial charge in [-0.15, -0.1) is 11.3 Å². The van der Waals surface area contributed by atoms with Crippen molar-refractivity contribution in [1.29, 1.82) is 0 Å². The van der Waals surface area contributed by atoms with Crippen molar-refractivity contribution in [3.8, 4) is 39.5 Å². The first-order chi connectivity index (χ1) is 32.2. The molecule has 4 aromatic heterocycles. The Balaban J connectivity index is 1.04. The van der Waals surface area contributed by atoms with Crippen LogP contribution in [0.2, 0.25) is 4.34 Å². The van der Waals surface area contributed by atoms with Crippen molar-refractivity contribution in [2.45, 2.75) is 83.8 Å². The van der Waals surface area contributed by atoms with Crippen LogP contribution in [0.15, 0.2) is 54.9 Å². The van der Waals surface area contributed by atoms with Crippen molar-refractivity contribution in [1.82, 2.24) is 44.9 Å². The summed E-state index contributed by atoms with van der Waals surface area (Å²) in [5.74, 6) is -1.12. The van der Waals surface area contributed by atoms with E-state index in [9.17, 15) is 19.2 Å². The summed E-state index contributed by atoms with van der Waals surface area (Å²) >= 11 is 7.70. The first-order valence-electron chi connectivity index (χ1n) is 22.2. The monoisotopic (exact) mass is 957 g/mol. The molecule has 20 heteroatoms. The molecular weight excluding hydrogens is 908 g/mol. The van der Waals surface area contributed by atoms with Gasteiger partial charge < -0.3 is 44.6 Å². The molecule has 67 heavy (non-hydrogen) atoms. The van der Waals surface area contributed by atoms with Gasteiger partial charge in [-0.3, -0.25) is 14.2 Å². The van der Waals surface area contributed by atoms with Crippen LogP contribution in [0.5, 0.6) is 5.75 Å². The minimum absolute atomic E-state index is 0.00309. The van der Waals surface area contributed by atoms with Crippen LogP contribution in [0.1, 0.15) is 88.2 Å². The molecule has 352 valence electrons. The van der Waals surface area contributed by atoms with Gasteiger partial charge in [0, 0.05) is 29.6 Å². The van der Waals surface area contributed by atoms with Gasteiger partial charge in [0.05, 0.1) is 76.1 Å². The Morgan fingerprint density at radius 2 is 1.37 bits per heavy atom. The van der Waals surface area contributed by atoms with Crippen molar-refractivity contribution in [3.05, 3.63) is 87.4 Å². The minimum Gasteiger partial charge on any atom is -0.464 e. The Morgan fingerprint density at radius 3 is 1.90 bits per heavy atom. The maximum Gasteiger partial charge on any atom is 0.407 e. The van der Waals surface area contributed by atoms with Crippen LogP contribution in [-0.2, 0) is 19.1 Å². The van der Waals surface area contributed by atoms with Crippen molar-refractivity contribution in [3.63, 3.8) is 0 Å². The molecule has 6 aromatic rings. The van der Waals surface area contributed by atoms with Gasteiger partial charge in [-0.2, -0.15) is 0 Å². The second kappa shape index (κ2) is 18.3. The highest BCUT2D eigenvalue weighted by Gasteiger charge is 2.40. The Hall–Kier alpha value is -6.47. The summed E-state index contributed by atoms with van der Waals surface area (Å²) in [5, 5.41) is 5.54. The lowest BCUT2D eigenvalue weighted by molar-refractivity contribution is -0.136. The number of alkyl carbamates (subject to hydrolysis) is 2. The second-order valence-electron chi connectivity index (χ2n) is 17.7. The smallest absolute Gasteiger partial charge is 0.407 e. The number of H-pyrrole nitrogens is 2. The van der Waals surface area contributed by atoms with E-state index in [2.05, 4.69) is 30.6 Å². The number of methoxy groups -OCH3 is 2. The first kappa shape index (κ1) is 45.7. The van der Waals surface area contributed by atoms with Gasteiger partial charge in [-0.25, -0.2) is 28.3 Å². The molecule has 2 aromatic carbocycles. The van der Waals surface area contributed by atoms with E-state index in [0.717, 1.165) is 6.42 Å². The molecule has 0 radical (unpaired) electrons. The maximum atomic E-state index is 17.3. The number of aromatic nitrogens is 5. The van der Waals surface area contributed by atoms with E-state index < -0.39 is 48.2 Å². The fourth-order valence-electron chi connectivity index (χ4n) is 9.49. The van der Waals surface area contributed by atoms with Gasteiger partial charge in [0.2, 0.25) is 18.0 Å². The predicted octanol–water partition coefficient (Wildman–Crippen LogP) is 9.11. The molecule has 0 aliphatic carbocycles. The standard InChI is InChI=1S/C47H50ClF2N9O7S/c1-22(2)38(55-46(62)64-5)43(60)57-15-7-9-31(57)41-51-20-28(53-41)24-11-12-30-26(17-24)37(50)40-36-27(49)18-25(19-33(36)66-45(59(30)40)34-13-14-35(48)67-34)29-21-52-42(54-29)32-10-8-16-58(32)44(61)39(23(3)4)56-47(63)65-6/h11-14,17-23,31-32,38-39,45H,7-10,15-16H2,1-6H3,(H,51,53)(H,52,54)(H,55,62)(H,56,63)/t31-,32-,38-,39-,45?/m0/s1. The summed E-state index contributed by atoms with van der Waals surface area (Å²) in [6.45, 7) is 8.33. The molecule has 0 saturated carbocycles. The van der Waals surface area contributed by atoms with Crippen molar-refractivity contribution < 1.29 is 42.2 Å². The molecule has 4 amide bonds. The largest absolute Gasteiger partial charge is 0.464 e. The average molecular weight is 958 g/mol. The van der Waals surface area contributed by atoms with E-state index in [4.69, 9.17) is 25.8 Å². The third-order valence-corrected chi connectivity index (χ3v) is 14.1. The van der Waals surface area contributed by atoms with E-state index in [1.807, 2.05) is 33.8 Å². The number of thiophene rings is 1. The van der Waals surface area contributed by atoms with Crippen LogP contribution in [-0.4, -0.2) is 97.7 Å². The maximum absolute atomic E-state index is 17.3. The molecule has 1 unspecified atom stereocenters. The Kier molecular flexibility index (Phi) is 12.5. The van der Waals surface area contributed by atoms with Crippen LogP contribution in [0.25, 0.3) is 44.7 Å². The fourth-order valence-corrected chi connectivity index (χ4v) is 10.6. The van der Waals surface area contributed by atoms with E-state index in [1.165, 1.54) is 31.6 Å². The minimum atomic E-state index is -0.914. The van der Waals surface area contributed by atoms with Gasteiger partial charge >= 0.3 is 12.2 Å². The molecule has 5 atom stereocenters. The number of benzene rings is 2. The van der Waals surface area contributed by atoms with Crippen LogP contribution in [0, 0.1) is 23.5 Å². The zero-order chi connectivity index (χ0) is 47.4. The summed E-state index contributed by atoms with van der Waals surface area (Å²) in [5.41, 5.74) is 2.46. The third-order valence-electron chi connectivity index (χ3n) is 12.8. The number of hydrogen-bond acceptors (Lipinski definition) is 10. The highest BCUT2D eigenvalue weighted by Crippen LogP contribution is 2.50. The van der Waals surface area contributed by atoms with Crippen LogP contribution in [0.4, 0.5) is 18.4 Å². The van der Waals surface area contributed by atoms with Crippen molar-refractivity contribution in [2.24, 2.45) is 11.8 Å². The summed E-state index contributed by atoms with van der Waals surface area (Å²) < 4.78 is 52.3. The number of rotatable bonds is 11. The van der Waals surface area contributed by atoms with Gasteiger partial charge in [0.25, 0.3) is 0 Å². The molecule has 2 fully saturated rings. The molecule has 3 aliphatic heterocycles. The number of nitrogens with one attached hydrogen (secondary N) is 4. The quantitative estimate of drug-likeness (QED) is 0.0982. The average Bonchev–Trinajstić information content (AvgIpc) is 4.18. The number of ether oxygens (including phenoxy) is 3. The lowest BCUT2D eigenvalue weighted by atomic mass is 10.0. The number of amides is 4. The first-order valence-corrected chi connectivity index (χ1v) is 23.4. The van der Waals surface area contributed by atoms with Crippen LogP contribution >= 0.6 is 22.9 Å². The number of imidazole rings is 2. The number of nitrogens with zero attached hydrogens (tertiary/aromatic N) is 5. The topological polar surface area (TPSA) is 189 Å². The number of carbonyl (C=O) groups is 4. The van der Waals surface area contributed by atoms with Gasteiger partial charge in [0.15, 0.2) is 5.82 Å². The Bertz CT molecular complexity index is 2890. The molecular formula is C47H50ClF2N9O7S. The van der Waals surface area contributed by atoms with Gasteiger partial charge in [-0.05, 0) is 73.9 Å². The normalized spacial score (nSPS) is 18.8. The summed E-state index contributed by atoms with van der Waals surface area (Å²) in [4.78, 5) is 71.7. The molecule has 0 spiro atoms. The van der Waals surface area contributed by atoms with Crippen molar-refractivity contribution in [2.75, 3.05) is 27.3 Å². The highest BCUT2D eigenvalue weighted by molar-refractivity contribution is 7.16. The zero-order valence-electron chi connectivity index (χ0n) is 37.6. The Morgan fingerprint density at radius 1 is 0.806 bits per heavy atom. The number of hydrogen-bond donors (Lipinski definition) is 4. The van der Waals surface area contributed by atoms with Gasteiger partial charge in [0.1, 0.15) is 35.3 Å². The van der Waals surface area contributed by atoms with Crippen LogP contribution < -0.4 is 15.4 Å². The van der Waals surface area contributed by atoms with E-state index in [1.54, 1.807) is 57.1 Å². The number of fused-ring (bicyclic) bond motifs is 5. The summed E-state index contributed by atoms with van der Waals surface area (Å²) in [6.07, 6.45) is 3.64.